The van der Waals surface area contributed by atoms with Crippen molar-refractivity contribution >= 4 is 102 Å². The highest BCUT2D eigenvalue weighted by molar-refractivity contribution is 7.27. The Hall–Kier alpha value is -6.98. The van der Waals surface area contributed by atoms with Crippen LogP contribution in [0, 0.1) is 0 Å². The Morgan fingerprint density at radius 2 is 0.879 bits per heavy atom. The largest absolute Gasteiger partial charge is 0.310 e. The molecule has 58 heavy (non-hydrogen) atoms. The Balaban J connectivity index is 0.956. The molecule has 3 heterocycles. The summed E-state index contributed by atoms with van der Waals surface area (Å²) < 4.78 is 7.77. The SMILES string of the molecule is c1ccc(N(c2ccc(-c3ccc(-c4cccc5c4sc4ccccc45)cc3)cc2)c2ccc3c(c2)c2ccc4c5ccccc5sc4c2n3-c2ccccc2)cc1. The molecular formula is C54H34N2S2. The highest BCUT2D eigenvalue weighted by atomic mass is 32.1. The van der Waals surface area contributed by atoms with Crippen LogP contribution in [-0.2, 0) is 0 Å². The van der Waals surface area contributed by atoms with E-state index in [1.54, 1.807) is 0 Å². The maximum Gasteiger partial charge on any atom is 0.0719 e. The molecule has 0 aliphatic carbocycles. The first-order valence-electron chi connectivity index (χ1n) is 19.7. The normalized spacial score (nSPS) is 11.8. The second kappa shape index (κ2) is 13.3. The fourth-order valence-electron chi connectivity index (χ4n) is 8.90. The number of nitrogens with zero attached hydrogens (tertiary/aromatic N) is 2. The molecule has 0 atom stereocenters. The average molecular weight is 775 g/mol. The van der Waals surface area contributed by atoms with Crippen molar-refractivity contribution in [2.24, 2.45) is 0 Å². The molecule has 272 valence electrons. The summed E-state index contributed by atoms with van der Waals surface area (Å²) in [6.07, 6.45) is 0. The third kappa shape index (κ3) is 5.23. The van der Waals surface area contributed by atoms with Crippen LogP contribution in [0.15, 0.2) is 206 Å². The van der Waals surface area contributed by atoms with Gasteiger partial charge in [-0.2, -0.15) is 0 Å². The second-order valence-electron chi connectivity index (χ2n) is 14.9. The maximum absolute atomic E-state index is 2.46. The molecule has 0 radical (unpaired) electrons. The van der Waals surface area contributed by atoms with Crippen LogP contribution in [0.3, 0.4) is 0 Å². The van der Waals surface area contributed by atoms with E-state index in [1.807, 2.05) is 22.7 Å². The maximum atomic E-state index is 2.46. The van der Waals surface area contributed by atoms with Gasteiger partial charge in [-0.05, 0) is 89.0 Å². The van der Waals surface area contributed by atoms with E-state index in [9.17, 15) is 0 Å². The van der Waals surface area contributed by atoms with Gasteiger partial charge in [0, 0.05) is 69.2 Å². The molecule has 4 heteroatoms. The summed E-state index contributed by atoms with van der Waals surface area (Å²) in [6.45, 7) is 0. The van der Waals surface area contributed by atoms with E-state index in [0.717, 1.165) is 17.1 Å². The number of benzene rings is 9. The Kier molecular flexibility index (Phi) is 7.62. The standard InChI is InChI=1S/C54H34N2S2/c1-3-12-38(13-4-1)55(40-28-26-36(27-29-40)35-22-24-37(25-23-35)42-18-11-19-46-43-16-7-9-20-50(43)57-53(42)46)41-30-33-49-48(34-41)45-31-32-47-44-17-8-10-21-51(44)58-54(47)52(45)56(49)39-14-5-2-6-15-39/h1-34H. The number of hydrogen-bond acceptors (Lipinski definition) is 3. The first-order valence-corrected chi connectivity index (χ1v) is 21.3. The van der Waals surface area contributed by atoms with Gasteiger partial charge in [-0.25, -0.2) is 0 Å². The monoisotopic (exact) mass is 774 g/mol. The average Bonchev–Trinajstić information content (AvgIpc) is 3.97. The Morgan fingerprint density at radius 1 is 0.345 bits per heavy atom. The third-order valence-electron chi connectivity index (χ3n) is 11.6. The molecule has 12 aromatic rings. The van der Waals surface area contributed by atoms with Gasteiger partial charge in [0.05, 0.1) is 15.7 Å². The van der Waals surface area contributed by atoms with Crippen LogP contribution in [0.25, 0.3) is 90.1 Å². The minimum absolute atomic E-state index is 1.11. The summed E-state index contributed by atoms with van der Waals surface area (Å²) >= 11 is 3.77. The fourth-order valence-corrected chi connectivity index (χ4v) is 11.4. The smallest absolute Gasteiger partial charge is 0.0719 e. The topological polar surface area (TPSA) is 8.17 Å². The summed E-state index contributed by atoms with van der Waals surface area (Å²) in [4.78, 5) is 2.38. The molecule has 0 aliphatic rings. The first kappa shape index (κ1) is 33.2. The summed E-state index contributed by atoms with van der Waals surface area (Å²) in [5.41, 5.74) is 11.9. The molecule has 12 rings (SSSR count). The van der Waals surface area contributed by atoms with Gasteiger partial charge < -0.3 is 9.47 Å². The van der Waals surface area contributed by atoms with Gasteiger partial charge in [-0.3, -0.25) is 0 Å². The van der Waals surface area contributed by atoms with E-state index < -0.39 is 0 Å². The van der Waals surface area contributed by atoms with Gasteiger partial charge in [0.1, 0.15) is 0 Å². The molecule has 0 fully saturated rings. The first-order chi connectivity index (χ1) is 28.8. The van der Waals surface area contributed by atoms with Crippen LogP contribution in [0.1, 0.15) is 0 Å². The molecule has 0 spiro atoms. The minimum atomic E-state index is 1.11. The van der Waals surface area contributed by atoms with Gasteiger partial charge in [0.25, 0.3) is 0 Å². The highest BCUT2D eigenvalue weighted by Crippen LogP contribution is 2.45. The number of aromatic nitrogens is 1. The van der Waals surface area contributed by atoms with Crippen LogP contribution in [-0.4, -0.2) is 4.57 Å². The van der Waals surface area contributed by atoms with Crippen molar-refractivity contribution < 1.29 is 0 Å². The molecule has 3 aromatic heterocycles. The Bertz CT molecular complexity index is 3480. The van der Waals surface area contributed by atoms with Crippen LogP contribution < -0.4 is 4.90 Å². The minimum Gasteiger partial charge on any atom is -0.310 e. The van der Waals surface area contributed by atoms with Crippen LogP contribution in [0.4, 0.5) is 17.1 Å². The highest BCUT2D eigenvalue weighted by Gasteiger charge is 2.20. The van der Waals surface area contributed by atoms with E-state index in [2.05, 4.69) is 216 Å². The molecule has 9 aromatic carbocycles. The summed E-state index contributed by atoms with van der Waals surface area (Å²) in [7, 11) is 0. The summed E-state index contributed by atoms with van der Waals surface area (Å²) in [6, 6.07) is 75.4. The zero-order valence-electron chi connectivity index (χ0n) is 31.3. The van der Waals surface area contributed by atoms with Crippen molar-refractivity contribution in [3.8, 4) is 27.9 Å². The number of anilines is 3. The van der Waals surface area contributed by atoms with Crippen molar-refractivity contribution in [2.75, 3.05) is 4.90 Å². The van der Waals surface area contributed by atoms with Gasteiger partial charge in [0.2, 0.25) is 0 Å². The van der Waals surface area contributed by atoms with E-state index in [0.29, 0.717) is 0 Å². The molecule has 0 bridgehead atoms. The van der Waals surface area contributed by atoms with Gasteiger partial charge in [0.15, 0.2) is 0 Å². The zero-order valence-corrected chi connectivity index (χ0v) is 33.0. The number of fused-ring (bicyclic) bond motifs is 10. The lowest BCUT2D eigenvalue weighted by Crippen LogP contribution is -2.09. The number of rotatable bonds is 6. The quantitative estimate of drug-likeness (QED) is 0.163. The lowest BCUT2D eigenvalue weighted by molar-refractivity contribution is 1.19. The summed E-state index contributed by atoms with van der Waals surface area (Å²) in [5, 5.41) is 7.78. The van der Waals surface area contributed by atoms with E-state index in [4.69, 9.17) is 0 Å². The molecule has 0 amide bonds. The molecule has 0 aliphatic heterocycles. The van der Waals surface area contributed by atoms with Crippen molar-refractivity contribution in [3.63, 3.8) is 0 Å². The van der Waals surface area contributed by atoms with Gasteiger partial charge in [-0.1, -0.05) is 140 Å². The molecule has 0 unspecified atom stereocenters. The molecular weight excluding hydrogens is 741 g/mol. The van der Waals surface area contributed by atoms with Gasteiger partial charge in [-0.15, -0.1) is 22.7 Å². The number of para-hydroxylation sites is 2. The predicted molar refractivity (Wildman–Crippen MR) is 252 cm³/mol. The zero-order chi connectivity index (χ0) is 38.2. The third-order valence-corrected chi connectivity index (χ3v) is 14.0. The van der Waals surface area contributed by atoms with Crippen molar-refractivity contribution in [2.45, 2.75) is 0 Å². The van der Waals surface area contributed by atoms with Crippen LogP contribution in [0.2, 0.25) is 0 Å². The number of hydrogen-bond donors (Lipinski definition) is 0. The molecule has 2 nitrogen and oxygen atoms in total. The van der Waals surface area contributed by atoms with Crippen molar-refractivity contribution in [3.05, 3.63) is 206 Å². The molecule has 0 N–H and O–H groups in total. The predicted octanol–water partition coefficient (Wildman–Crippen LogP) is 16.3. The van der Waals surface area contributed by atoms with Crippen molar-refractivity contribution in [1.29, 1.82) is 0 Å². The molecule has 0 saturated heterocycles. The second-order valence-corrected chi connectivity index (χ2v) is 17.0. The van der Waals surface area contributed by atoms with E-state index in [-0.39, 0.29) is 0 Å². The number of thiophene rings is 2. The fraction of sp³-hybridized carbons (Fsp3) is 0. The van der Waals surface area contributed by atoms with Crippen molar-refractivity contribution in [1.82, 2.24) is 4.57 Å². The Labute approximate surface area is 343 Å². The van der Waals surface area contributed by atoms with E-state index in [1.165, 1.54) is 90.1 Å². The lowest BCUT2D eigenvalue weighted by Gasteiger charge is -2.26. The van der Waals surface area contributed by atoms with E-state index >= 15 is 0 Å². The molecule has 0 saturated carbocycles. The van der Waals surface area contributed by atoms with Crippen LogP contribution >= 0.6 is 22.7 Å². The Morgan fingerprint density at radius 3 is 1.60 bits per heavy atom. The summed E-state index contributed by atoms with van der Waals surface area (Å²) in [5.74, 6) is 0. The van der Waals surface area contributed by atoms with Gasteiger partial charge >= 0.3 is 0 Å². The van der Waals surface area contributed by atoms with Crippen LogP contribution in [0.5, 0.6) is 0 Å². The lowest BCUT2D eigenvalue weighted by atomic mass is 9.99.